The van der Waals surface area contributed by atoms with Crippen molar-refractivity contribution in [1.82, 2.24) is 0 Å². The fourth-order valence-corrected chi connectivity index (χ4v) is 4.16. The minimum atomic E-state index is 0. The van der Waals surface area contributed by atoms with Gasteiger partial charge >= 0.3 is 0 Å². The van der Waals surface area contributed by atoms with Crippen molar-refractivity contribution >= 4 is 11.4 Å². The molecule has 1 aromatic carbocycles. The van der Waals surface area contributed by atoms with E-state index in [0.29, 0.717) is 24.7 Å². The molecule has 0 saturated heterocycles. The summed E-state index contributed by atoms with van der Waals surface area (Å²) in [6.45, 7) is 19.2. The van der Waals surface area contributed by atoms with Crippen LogP contribution in [0.3, 0.4) is 0 Å². The maximum atomic E-state index is 9.55. The third-order valence-corrected chi connectivity index (χ3v) is 5.35. The van der Waals surface area contributed by atoms with Gasteiger partial charge in [0, 0.05) is 53.8 Å². The molecule has 4 nitrogen and oxygen atoms in total. The summed E-state index contributed by atoms with van der Waals surface area (Å²) in [4.78, 5) is 7.00. The number of nitriles is 2. The smallest absolute Gasteiger partial charge is 0.269 e. The molecule has 3 rings (SSSR count). The summed E-state index contributed by atoms with van der Waals surface area (Å²) in [6.07, 6.45) is 7.20. The van der Waals surface area contributed by atoms with Gasteiger partial charge in [0.15, 0.2) is 0 Å². The van der Waals surface area contributed by atoms with Gasteiger partial charge in [-0.1, -0.05) is 48.9 Å². The van der Waals surface area contributed by atoms with Crippen molar-refractivity contribution in [3.05, 3.63) is 68.4 Å². The Morgan fingerprint density at radius 2 is 1.21 bits per heavy atom. The molecule has 2 aliphatic carbocycles. The minimum Gasteiger partial charge on any atom is -0.321 e. The van der Waals surface area contributed by atoms with Crippen molar-refractivity contribution in [3.63, 3.8) is 0 Å². The molecule has 137 valence electrons. The van der Waals surface area contributed by atoms with Crippen molar-refractivity contribution in [1.29, 1.82) is 10.5 Å². The molecule has 0 spiro atoms. The number of hydrogen-bond acceptors (Lipinski definition) is 2. The quantitative estimate of drug-likeness (QED) is 0.424. The van der Waals surface area contributed by atoms with E-state index in [2.05, 4.69) is 48.5 Å². The molecule has 0 aromatic heterocycles. The van der Waals surface area contributed by atoms with E-state index in [0.717, 1.165) is 45.5 Å². The van der Waals surface area contributed by atoms with Crippen molar-refractivity contribution in [2.75, 3.05) is 0 Å². The summed E-state index contributed by atoms with van der Waals surface area (Å²) in [5.41, 5.74) is 4.16. The molecular formula is C22H18N4WY-2. The van der Waals surface area contributed by atoms with Crippen molar-refractivity contribution in [2.45, 2.75) is 39.5 Å². The van der Waals surface area contributed by atoms with Crippen LogP contribution < -0.4 is 10.4 Å². The second-order valence-electron chi connectivity index (χ2n) is 7.05. The summed E-state index contributed by atoms with van der Waals surface area (Å²) in [7, 11) is 0. The van der Waals surface area contributed by atoms with Crippen LogP contribution in [0.25, 0.3) is 21.1 Å². The maximum Gasteiger partial charge on any atom is 0.269 e. The number of rotatable bonds is 0. The molecule has 0 bridgehead atoms. The van der Waals surface area contributed by atoms with Gasteiger partial charge in [-0.15, -0.1) is 0 Å². The molecule has 2 unspecified atom stereocenters. The Hall–Kier alpha value is -1.29. The average molecular weight is 611 g/mol. The first-order chi connectivity index (χ1) is 12.5. The molecule has 0 saturated carbocycles. The van der Waals surface area contributed by atoms with Gasteiger partial charge in [-0.25, -0.2) is 20.2 Å². The topological polar surface area (TPSA) is 56.3 Å². The fraction of sp³-hybridized carbons (Fsp3) is 0.364. The van der Waals surface area contributed by atoms with E-state index in [4.69, 9.17) is 13.1 Å². The van der Waals surface area contributed by atoms with E-state index in [9.17, 15) is 10.5 Å². The Balaban J connectivity index is 0.00000196. The summed E-state index contributed by atoms with van der Waals surface area (Å²) in [6, 6.07) is 4.15. The number of benzene rings is 1. The van der Waals surface area contributed by atoms with Gasteiger partial charge in [-0.2, -0.15) is 24.7 Å². The largest absolute Gasteiger partial charge is 0.321 e. The van der Waals surface area contributed by atoms with E-state index in [1.54, 1.807) is 0 Å². The monoisotopic (exact) mass is 611 g/mol. The first-order valence-electron chi connectivity index (χ1n) is 8.71. The van der Waals surface area contributed by atoms with Gasteiger partial charge in [0.2, 0.25) is 0 Å². The number of fused-ring (bicyclic) bond motifs is 2. The van der Waals surface area contributed by atoms with Gasteiger partial charge in [-0.05, 0) is 10.4 Å². The van der Waals surface area contributed by atoms with Crippen LogP contribution >= 0.6 is 0 Å². The van der Waals surface area contributed by atoms with Crippen molar-refractivity contribution in [3.8, 4) is 12.1 Å². The molecule has 0 amide bonds. The van der Waals surface area contributed by atoms with E-state index < -0.39 is 0 Å². The second-order valence-corrected chi connectivity index (χ2v) is 7.05. The molecule has 1 radical (unpaired) electrons. The zero-order valence-corrected chi connectivity index (χ0v) is 21.7. The van der Waals surface area contributed by atoms with Gasteiger partial charge in [-0.3, -0.25) is 0 Å². The Labute approximate surface area is 206 Å². The van der Waals surface area contributed by atoms with Gasteiger partial charge < -0.3 is 12.8 Å². The predicted octanol–water partition coefficient (Wildman–Crippen LogP) is 2.66. The van der Waals surface area contributed by atoms with Crippen molar-refractivity contribution < 1.29 is 53.8 Å². The average Bonchev–Trinajstić information content (AvgIpc) is 2.64. The minimum absolute atomic E-state index is 0. The summed E-state index contributed by atoms with van der Waals surface area (Å²) in [5.74, 6) is 0.672. The zero-order valence-electron chi connectivity index (χ0n) is 15.9. The Bertz CT molecular complexity index is 957. The van der Waals surface area contributed by atoms with Crippen LogP contribution in [0.2, 0.25) is 0 Å². The van der Waals surface area contributed by atoms with Gasteiger partial charge in [0.1, 0.15) is 0 Å². The van der Waals surface area contributed by atoms with E-state index in [1.165, 1.54) is 0 Å². The van der Waals surface area contributed by atoms with Crippen LogP contribution in [-0.2, 0) is 79.5 Å². The molecule has 0 fully saturated rings. The molecule has 0 N–H and O–H groups in total. The first-order valence-corrected chi connectivity index (χ1v) is 8.71. The van der Waals surface area contributed by atoms with E-state index >= 15 is 0 Å². The molecular weight excluding hydrogens is 593 g/mol. The third-order valence-electron chi connectivity index (χ3n) is 5.35. The Kier molecular flexibility index (Phi) is 9.26. The number of hydrogen-bond donors (Lipinski definition) is 0. The standard InChI is InChI=1S/C22H18N4.W.Y/c1-13-5-7-15-17(9-13)21(19(11-23)25-3)16-8-6-14(2)10-18(16)22(15)20(12-24)26-4;;/h5-6,13-14H,7-10H2,1-2H3;;/q-2;;/b21-19-,22-20+;;. The van der Waals surface area contributed by atoms with Crippen LogP contribution in [-0.4, -0.2) is 0 Å². The SMILES string of the molecule is [C-]#[N+]/C(C#N)=c1\c2c(/c(=C(/C#N)[N+]#[C-])c3c1C[CH-]C(C)C3)C[CH-]C(C)C2.[W].[Y]. The van der Waals surface area contributed by atoms with Crippen LogP contribution in [0.15, 0.2) is 0 Å². The molecule has 2 aliphatic rings. The van der Waals surface area contributed by atoms with Crippen LogP contribution in [0.1, 0.15) is 36.1 Å². The normalized spacial score (nSPS) is 21.5. The van der Waals surface area contributed by atoms with Crippen LogP contribution in [0.5, 0.6) is 0 Å². The molecule has 6 heteroatoms. The number of nitrogens with zero attached hydrogens (tertiary/aromatic N) is 4. The predicted molar refractivity (Wildman–Crippen MR) is 98.7 cm³/mol. The van der Waals surface area contributed by atoms with Crippen LogP contribution in [0, 0.1) is 60.5 Å². The second kappa shape index (κ2) is 10.5. The zero-order chi connectivity index (χ0) is 18.8. The van der Waals surface area contributed by atoms with Crippen LogP contribution in [0.4, 0.5) is 0 Å². The van der Waals surface area contributed by atoms with Gasteiger partial charge in [0.05, 0.1) is 25.3 Å². The molecule has 0 heterocycles. The van der Waals surface area contributed by atoms with E-state index in [-0.39, 0.29) is 65.2 Å². The Morgan fingerprint density at radius 1 is 0.857 bits per heavy atom. The van der Waals surface area contributed by atoms with Gasteiger partial charge in [0.25, 0.3) is 11.4 Å². The Morgan fingerprint density at radius 3 is 1.50 bits per heavy atom. The summed E-state index contributed by atoms with van der Waals surface area (Å²) >= 11 is 0. The molecule has 0 aliphatic heterocycles. The molecule has 2 atom stereocenters. The fourth-order valence-electron chi connectivity index (χ4n) is 4.16. The molecule has 28 heavy (non-hydrogen) atoms. The maximum absolute atomic E-state index is 9.55. The first kappa shape index (κ1) is 24.7. The summed E-state index contributed by atoms with van der Waals surface area (Å²) < 4.78 is 0. The van der Waals surface area contributed by atoms with Crippen molar-refractivity contribution in [2.24, 2.45) is 11.8 Å². The summed E-state index contributed by atoms with van der Waals surface area (Å²) in [5, 5.41) is 20.6. The third kappa shape index (κ3) is 4.32. The van der Waals surface area contributed by atoms with E-state index in [1.807, 2.05) is 0 Å². The molecule has 1 aromatic rings.